The molecule has 1 saturated heterocycles. The van der Waals surface area contributed by atoms with Crippen LogP contribution in [0.5, 0.6) is 0 Å². The number of piperazine rings is 1. The Hall–Kier alpha value is -3.97. The molecule has 1 N–H and O–H groups in total. The number of nitrogens with one attached hydrogen (secondary N) is 1. The predicted molar refractivity (Wildman–Crippen MR) is 131 cm³/mol. The normalized spacial score (nSPS) is 14.8. The van der Waals surface area contributed by atoms with Gasteiger partial charge in [-0.1, -0.05) is 48.5 Å². The number of para-hydroxylation sites is 1. The third-order valence-corrected chi connectivity index (χ3v) is 5.82. The number of benzene rings is 2. The van der Waals surface area contributed by atoms with Gasteiger partial charge in [0.1, 0.15) is 5.76 Å². The summed E-state index contributed by atoms with van der Waals surface area (Å²) in [4.78, 5) is 22.3. The molecule has 0 atom stereocenters. The number of pyridine rings is 1. The monoisotopic (exact) mass is 439 g/mol. The van der Waals surface area contributed by atoms with Gasteiger partial charge in [-0.3, -0.25) is 4.79 Å². The van der Waals surface area contributed by atoms with Crippen molar-refractivity contribution in [1.29, 1.82) is 0 Å². The van der Waals surface area contributed by atoms with Crippen LogP contribution in [-0.4, -0.2) is 55.2 Å². The van der Waals surface area contributed by atoms with E-state index in [4.69, 9.17) is 9.40 Å². The van der Waals surface area contributed by atoms with Crippen molar-refractivity contribution < 1.29 is 9.21 Å². The highest BCUT2D eigenvalue weighted by Crippen LogP contribution is 2.25. The Balaban J connectivity index is 1.34. The number of rotatable bonds is 5. The van der Waals surface area contributed by atoms with Gasteiger partial charge in [-0.15, -0.1) is 0 Å². The third-order valence-electron chi connectivity index (χ3n) is 5.82. The van der Waals surface area contributed by atoms with Crippen LogP contribution in [0, 0.1) is 0 Å². The molecule has 1 aliphatic heterocycles. The van der Waals surface area contributed by atoms with Gasteiger partial charge in [-0.25, -0.2) is 10.4 Å². The molecular weight excluding hydrogens is 414 g/mol. The molecule has 1 aliphatic rings. The highest BCUT2D eigenvalue weighted by molar-refractivity contribution is 6.07. The Labute approximate surface area is 192 Å². The van der Waals surface area contributed by atoms with Gasteiger partial charge < -0.3 is 14.2 Å². The number of likely N-dealkylation sites (N-methyl/N-ethyl adjacent to an activating group) is 1. The van der Waals surface area contributed by atoms with Crippen molar-refractivity contribution in [3.05, 3.63) is 84.1 Å². The van der Waals surface area contributed by atoms with E-state index in [9.17, 15) is 4.79 Å². The second-order valence-corrected chi connectivity index (χ2v) is 8.10. The standard InChI is InChI=1S/C26H25N5O2/c1-30-13-15-31(16-14-30)25-12-11-20(33-25)18-27-29-26(32)22-17-24(19-7-3-2-4-8-19)28-23-10-6-5-9-21(22)23/h2-12,17-18H,13-16H2,1H3,(H,29,32)/b27-18+. The third kappa shape index (κ3) is 4.63. The van der Waals surface area contributed by atoms with E-state index in [-0.39, 0.29) is 5.91 Å². The fraction of sp³-hybridized carbons (Fsp3) is 0.192. The van der Waals surface area contributed by atoms with Gasteiger partial charge >= 0.3 is 0 Å². The summed E-state index contributed by atoms with van der Waals surface area (Å²) in [5, 5.41) is 4.91. The number of amides is 1. The molecule has 33 heavy (non-hydrogen) atoms. The molecule has 7 nitrogen and oxygen atoms in total. The molecule has 7 heteroatoms. The summed E-state index contributed by atoms with van der Waals surface area (Å²) in [5.74, 6) is 1.12. The van der Waals surface area contributed by atoms with Crippen LogP contribution >= 0.6 is 0 Å². The maximum Gasteiger partial charge on any atom is 0.272 e. The summed E-state index contributed by atoms with van der Waals surface area (Å²) in [6.07, 6.45) is 1.53. The number of furan rings is 1. The van der Waals surface area contributed by atoms with Crippen LogP contribution in [0.15, 0.2) is 82.3 Å². The lowest BCUT2D eigenvalue weighted by Gasteiger charge is -2.32. The number of hydrogen-bond acceptors (Lipinski definition) is 6. The number of carbonyl (C=O) groups is 1. The summed E-state index contributed by atoms with van der Waals surface area (Å²) in [6, 6.07) is 23.0. The van der Waals surface area contributed by atoms with Gasteiger partial charge in [0.05, 0.1) is 23.0 Å². The van der Waals surface area contributed by atoms with Crippen LogP contribution in [0.1, 0.15) is 16.1 Å². The van der Waals surface area contributed by atoms with Crippen molar-refractivity contribution in [3.63, 3.8) is 0 Å². The van der Waals surface area contributed by atoms with E-state index in [1.165, 1.54) is 6.21 Å². The topological polar surface area (TPSA) is 74.0 Å². The molecule has 0 bridgehead atoms. The first-order valence-corrected chi connectivity index (χ1v) is 11.0. The first kappa shape index (κ1) is 20.9. The molecular formula is C26H25N5O2. The molecule has 1 fully saturated rings. The zero-order valence-corrected chi connectivity index (χ0v) is 18.4. The van der Waals surface area contributed by atoms with E-state index in [0.29, 0.717) is 11.3 Å². The Morgan fingerprint density at radius 1 is 1.00 bits per heavy atom. The zero-order valence-electron chi connectivity index (χ0n) is 18.4. The molecule has 5 rings (SSSR count). The van der Waals surface area contributed by atoms with Gasteiger partial charge in [0, 0.05) is 43.2 Å². The van der Waals surface area contributed by atoms with Gasteiger partial charge in [-0.2, -0.15) is 5.10 Å². The zero-order chi connectivity index (χ0) is 22.6. The predicted octanol–water partition coefficient (Wildman–Crippen LogP) is 4.01. The van der Waals surface area contributed by atoms with E-state index in [1.54, 1.807) is 6.07 Å². The summed E-state index contributed by atoms with van der Waals surface area (Å²) < 4.78 is 5.89. The fourth-order valence-corrected chi connectivity index (χ4v) is 3.94. The average Bonchev–Trinajstić information content (AvgIpc) is 3.33. The van der Waals surface area contributed by atoms with E-state index >= 15 is 0 Å². The lowest BCUT2D eigenvalue weighted by Crippen LogP contribution is -2.44. The Morgan fingerprint density at radius 2 is 1.76 bits per heavy atom. The van der Waals surface area contributed by atoms with Crippen LogP contribution in [0.3, 0.4) is 0 Å². The van der Waals surface area contributed by atoms with Gasteiger partial charge in [0.2, 0.25) is 0 Å². The van der Waals surface area contributed by atoms with Crippen molar-refractivity contribution >= 4 is 28.9 Å². The molecule has 4 aromatic rings. The van der Waals surface area contributed by atoms with Crippen molar-refractivity contribution in [2.75, 3.05) is 38.1 Å². The second-order valence-electron chi connectivity index (χ2n) is 8.10. The molecule has 0 unspecified atom stereocenters. The van der Waals surface area contributed by atoms with E-state index in [0.717, 1.165) is 54.2 Å². The van der Waals surface area contributed by atoms with Crippen molar-refractivity contribution in [2.45, 2.75) is 0 Å². The molecule has 0 saturated carbocycles. The van der Waals surface area contributed by atoms with Crippen LogP contribution < -0.4 is 10.3 Å². The van der Waals surface area contributed by atoms with Crippen LogP contribution in [-0.2, 0) is 0 Å². The summed E-state index contributed by atoms with van der Waals surface area (Å²) >= 11 is 0. The molecule has 0 spiro atoms. The van der Waals surface area contributed by atoms with E-state index in [1.807, 2.05) is 66.7 Å². The molecule has 2 aromatic carbocycles. The minimum atomic E-state index is -0.298. The lowest BCUT2D eigenvalue weighted by atomic mass is 10.0. The number of nitrogens with zero attached hydrogens (tertiary/aromatic N) is 4. The Morgan fingerprint density at radius 3 is 2.58 bits per heavy atom. The molecule has 3 heterocycles. The molecule has 0 aliphatic carbocycles. The number of anilines is 1. The number of hydrogen-bond donors (Lipinski definition) is 1. The van der Waals surface area contributed by atoms with E-state index < -0.39 is 0 Å². The van der Waals surface area contributed by atoms with Gasteiger partial charge in [0.15, 0.2) is 5.88 Å². The number of carbonyl (C=O) groups excluding carboxylic acids is 1. The number of aromatic nitrogens is 1. The molecule has 2 aromatic heterocycles. The molecule has 1 amide bonds. The van der Waals surface area contributed by atoms with Crippen molar-refractivity contribution in [1.82, 2.24) is 15.3 Å². The highest BCUT2D eigenvalue weighted by atomic mass is 16.4. The Bertz CT molecular complexity index is 1290. The van der Waals surface area contributed by atoms with E-state index in [2.05, 4.69) is 27.4 Å². The Kier molecular flexibility index (Phi) is 5.87. The first-order chi connectivity index (χ1) is 16.2. The largest absolute Gasteiger partial charge is 0.440 e. The van der Waals surface area contributed by atoms with Gasteiger partial charge in [-0.05, 0) is 25.2 Å². The minimum Gasteiger partial charge on any atom is -0.440 e. The fourth-order valence-electron chi connectivity index (χ4n) is 3.94. The average molecular weight is 440 g/mol. The SMILES string of the molecule is CN1CCN(c2ccc(/C=N/NC(=O)c3cc(-c4ccccc4)nc4ccccc34)o2)CC1. The van der Waals surface area contributed by atoms with Gasteiger partial charge in [0.25, 0.3) is 5.91 Å². The summed E-state index contributed by atoms with van der Waals surface area (Å²) in [6.45, 7) is 3.86. The maximum absolute atomic E-state index is 13.0. The quantitative estimate of drug-likeness (QED) is 0.376. The molecule has 0 radical (unpaired) electrons. The lowest BCUT2D eigenvalue weighted by molar-refractivity contribution is 0.0956. The summed E-state index contributed by atoms with van der Waals surface area (Å²) in [5.41, 5.74) is 5.61. The first-order valence-electron chi connectivity index (χ1n) is 11.0. The smallest absolute Gasteiger partial charge is 0.272 e. The maximum atomic E-state index is 13.0. The van der Waals surface area contributed by atoms with Crippen LogP contribution in [0.4, 0.5) is 5.88 Å². The second kappa shape index (κ2) is 9.26. The van der Waals surface area contributed by atoms with Crippen molar-refractivity contribution in [3.8, 4) is 11.3 Å². The highest BCUT2D eigenvalue weighted by Gasteiger charge is 2.17. The van der Waals surface area contributed by atoms with Crippen molar-refractivity contribution in [2.24, 2.45) is 5.10 Å². The van der Waals surface area contributed by atoms with Crippen LogP contribution in [0.25, 0.3) is 22.2 Å². The van der Waals surface area contributed by atoms with Crippen LogP contribution in [0.2, 0.25) is 0 Å². The summed E-state index contributed by atoms with van der Waals surface area (Å²) in [7, 11) is 2.12. The molecule has 166 valence electrons. The minimum absolute atomic E-state index is 0.298. The number of hydrazone groups is 1. The number of fused-ring (bicyclic) bond motifs is 1.